The number of rotatable bonds is 12. The van der Waals surface area contributed by atoms with E-state index in [0.29, 0.717) is 32.7 Å². The van der Waals surface area contributed by atoms with Gasteiger partial charge in [-0.25, -0.2) is 0 Å². The van der Waals surface area contributed by atoms with Gasteiger partial charge in [0, 0.05) is 26.1 Å². The number of nitrogens with two attached hydrogens (primary N) is 1. The molecule has 0 radical (unpaired) electrons. The van der Waals surface area contributed by atoms with E-state index in [1.807, 2.05) is 33.8 Å². The van der Waals surface area contributed by atoms with Crippen molar-refractivity contribution in [2.75, 3.05) is 47.0 Å². The predicted molar refractivity (Wildman–Crippen MR) is 118 cm³/mol. The molecule has 8 heteroatoms. The van der Waals surface area contributed by atoms with E-state index in [4.69, 9.17) is 24.7 Å². The van der Waals surface area contributed by atoms with Gasteiger partial charge < -0.3 is 24.7 Å². The summed E-state index contributed by atoms with van der Waals surface area (Å²) in [5.74, 6) is -0.809. The minimum atomic E-state index is -0.547. The van der Waals surface area contributed by atoms with Crippen molar-refractivity contribution in [1.29, 1.82) is 0 Å². The van der Waals surface area contributed by atoms with E-state index in [9.17, 15) is 9.59 Å². The molecule has 1 spiro atoms. The maximum Gasteiger partial charge on any atom is 0.313 e. The lowest BCUT2D eigenvalue weighted by Gasteiger charge is -2.47. The minimum absolute atomic E-state index is 0.103. The zero-order valence-corrected chi connectivity index (χ0v) is 19.9. The van der Waals surface area contributed by atoms with Crippen molar-refractivity contribution in [1.82, 2.24) is 4.90 Å². The molecule has 3 unspecified atom stereocenters. The number of epoxide rings is 1. The fourth-order valence-corrected chi connectivity index (χ4v) is 4.62. The summed E-state index contributed by atoms with van der Waals surface area (Å²) in [5.41, 5.74) is 5.83. The van der Waals surface area contributed by atoms with Crippen molar-refractivity contribution in [3.8, 4) is 0 Å². The Hall–Kier alpha value is -1.32. The number of hydrogen-bond donors (Lipinski definition) is 1. The summed E-state index contributed by atoms with van der Waals surface area (Å²) < 4.78 is 23.7. The van der Waals surface area contributed by atoms with Gasteiger partial charge >= 0.3 is 5.97 Å². The standard InChI is InChI=1S/C23H40N2O6/c1-16(2)8-12-29-22(3,4)21-20(28-6)18(7-9-23(21)15-30-23)31-19(27)13-17(26)14-25(5)11-10-24/h8,18,20-21H,7,9-15,24H2,1-6H3/t18?,20?,21?,23-/m0/s1. The first-order valence-electron chi connectivity index (χ1n) is 11.1. The highest BCUT2D eigenvalue weighted by Gasteiger charge is 2.64. The largest absolute Gasteiger partial charge is 0.459 e. The molecule has 1 saturated heterocycles. The zero-order valence-electron chi connectivity index (χ0n) is 19.9. The molecule has 0 aromatic carbocycles. The smallest absolute Gasteiger partial charge is 0.313 e. The second-order valence-electron chi connectivity index (χ2n) is 9.54. The van der Waals surface area contributed by atoms with Crippen LogP contribution in [0.25, 0.3) is 0 Å². The maximum atomic E-state index is 12.5. The Bertz CT molecular complexity index is 654. The van der Waals surface area contributed by atoms with Crippen molar-refractivity contribution >= 4 is 11.8 Å². The first-order chi connectivity index (χ1) is 14.5. The number of nitrogens with zero attached hydrogens (tertiary/aromatic N) is 1. The lowest BCUT2D eigenvalue weighted by Crippen LogP contribution is -2.58. The molecule has 1 aliphatic heterocycles. The molecule has 1 saturated carbocycles. The number of Topliss-reactive ketones (excluding diaryl/α,β-unsaturated/α-hetero) is 1. The first kappa shape index (κ1) is 25.9. The molecule has 2 fully saturated rings. The molecule has 0 bridgehead atoms. The molecule has 2 N–H and O–H groups in total. The van der Waals surface area contributed by atoms with E-state index in [1.165, 1.54) is 5.57 Å². The highest BCUT2D eigenvalue weighted by Crippen LogP contribution is 2.52. The maximum absolute atomic E-state index is 12.5. The number of esters is 1. The molecule has 2 aliphatic rings. The summed E-state index contributed by atoms with van der Waals surface area (Å²) in [6, 6.07) is 0. The van der Waals surface area contributed by atoms with Gasteiger partial charge in [0.05, 0.1) is 31.0 Å². The second-order valence-corrected chi connectivity index (χ2v) is 9.54. The second kappa shape index (κ2) is 11.0. The van der Waals surface area contributed by atoms with Crippen LogP contribution in [0.1, 0.15) is 47.0 Å². The van der Waals surface area contributed by atoms with E-state index in [-0.39, 0.29) is 36.4 Å². The zero-order chi connectivity index (χ0) is 23.2. The van der Waals surface area contributed by atoms with Crippen molar-refractivity contribution in [3.63, 3.8) is 0 Å². The molecule has 8 nitrogen and oxygen atoms in total. The number of carbonyl (C=O) groups excluding carboxylic acids is 2. The number of hydrogen-bond acceptors (Lipinski definition) is 8. The third-order valence-electron chi connectivity index (χ3n) is 6.18. The fraction of sp³-hybridized carbons (Fsp3) is 0.826. The Balaban J connectivity index is 2.04. The minimum Gasteiger partial charge on any atom is -0.459 e. The van der Waals surface area contributed by atoms with Gasteiger partial charge in [-0.2, -0.15) is 0 Å². The van der Waals surface area contributed by atoms with Crippen molar-refractivity contribution in [2.24, 2.45) is 11.7 Å². The summed E-state index contributed by atoms with van der Waals surface area (Å²) in [6.45, 7) is 10.5. The van der Waals surface area contributed by atoms with Crippen LogP contribution in [-0.2, 0) is 28.5 Å². The highest BCUT2D eigenvalue weighted by atomic mass is 16.6. The molecule has 1 heterocycles. The number of likely N-dealkylation sites (N-methyl/N-ethyl adjacent to an activating group) is 1. The van der Waals surface area contributed by atoms with Crippen molar-refractivity contribution in [3.05, 3.63) is 11.6 Å². The van der Waals surface area contributed by atoms with Gasteiger partial charge in [-0.1, -0.05) is 11.6 Å². The molecular formula is C23H40N2O6. The molecule has 0 aromatic rings. The van der Waals surface area contributed by atoms with Gasteiger partial charge in [0.1, 0.15) is 18.6 Å². The summed E-state index contributed by atoms with van der Waals surface area (Å²) in [5, 5.41) is 0. The Labute approximate surface area is 186 Å². The normalized spacial score (nSPS) is 27.9. The number of ether oxygens (including phenoxy) is 4. The van der Waals surface area contributed by atoms with E-state index in [1.54, 1.807) is 19.1 Å². The summed E-state index contributed by atoms with van der Waals surface area (Å²) in [6.07, 6.45) is 2.35. The third kappa shape index (κ3) is 7.08. The van der Waals surface area contributed by atoms with E-state index < -0.39 is 17.7 Å². The molecule has 4 atom stereocenters. The van der Waals surface area contributed by atoms with Crippen LogP contribution in [-0.4, -0.2) is 87.1 Å². The average Bonchev–Trinajstić information content (AvgIpc) is 3.41. The quantitative estimate of drug-likeness (QED) is 0.212. The number of methoxy groups -OCH3 is 1. The molecule has 2 rings (SSSR count). The van der Waals surface area contributed by atoms with Crippen LogP contribution in [0.15, 0.2) is 11.6 Å². The van der Waals surface area contributed by atoms with Gasteiger partial charge in [-0.15, -0.1) is 0 Å². The Morgan fingerprint density at radius 3 is 2.55 bits per heavy atom. The van der Waals surface area contributed by atoms with Gasteiger partial charge in [0.2, 0.25) is 0 Å². The molecule has 31 heavy (non-hydrogen) atoms. The van der Waals surface area contributed by atoms with Gasteiger partial charge in [0.25, 0.3) is 0 Å². The van der Waals surface area contributed by atoms with Crippen LogP contribution in [0.5, 0.6) is 0 Å². The van der Waals surface area contributed by atoms with E-state index in [2.05, 4.69) is 0 Å². The van der Waals surface area contributed by atoms with Crippen LogP contribution in [0.3, 0.4) is 0 Å². The van der Waals surface area contributed by atoms with E-state index >= 15 is 0 Å². The van der Waals surface area contributed by atoms with Crippen molar-refractivity contribution in [2.45, 2.75) is 70.4 Å². The highest BCUT2D eigenvalue weighted by molar-refractivity contribution is 5.96. The lowest BCUT2D eigenvalue weighted by molar-refractivity contribution is -0.192. The molecular weight excluding hydrogens is 400 g/mol. The van der Waals surface area contributed by atoms with Crippen LogP contribution in [0.2, 0.25) is 0 Å². The van der Waals surface area contributed by atoms with Crippen molar-refractivity contribution < 1.29 is 28.5 Å². The van der Waals surface area contributed by atoms with Crippen LogP contribution in [0.4, 0.5) is 0 Å². The van der Waals surface area contributed by atoms with Gasteiger partial charge in [-0.3, -0.25) is 14.5 Å². The monoisotopic (exact) mass is 440 g/mol. The molecule has 178 valence electrons. The number of ketones is 1. The first-order valence-corrected chi connectivity index (χ1v) is 11.1. The summed E-state index contributed by atoms with van der Waals surface area (Å²) in [7, 11) is 3.42. The average molecular weight is 441 g/mol. The summed E-state index contributed by atoms with van der Waals surface area (Å²) in [4.78, 5) is 26.5. The number of carbonyl (C=O) groups is 2. The molecule has 1 aliphatic carbocycles. The molecule has 0 amide bonds. The Kier molecular flexibility index (Phi) is 9.21. The topological polar surface area (TPSA) is 104 Å². The SMILES string of the molecule is COC1C(OC(=O)CC(=O)CN(C)CCN)CC[C@]2(CO2)C1C(C)(C)OCC=C(C)C. The van der Waals surface area contributed by atoms with Crippen LogP contribution < -0.4 is 5.73 Å². The van der Waals surface area contributed by atoms with Crippen LogP contribution >= 0.6 is 0 Å². The lowest BCUT2D eigenvalue weighted by atomic mass is 9.68. The Morgan fingerprint density at radius 2 is 2.00 bits per heavy atom. The summed E-state index contributed by atoms with van der Waals surface area (Å²) >= 11 is 0. The Morgan fingerprint density at radius 1 is 1.32 bits per heavy atom. The van der Waals surface area contributed by atoms with E-state index in [0.717, 1.165) is 6.42 Å². The van der Waals surface area contributed by atoms with Crippen LogP contribution in [0, 0.1) is 5.92 Å². The third-order valence-corrected chi connectivity index (χ3v) is 6.18. The van der Waals surface area contributed by atoms with Gasteiger partial charge in [-0.05, 0) is 47.6 Å². The van der Waals surface area contributed by atoms with Gasteiger partial charge in [0.15, 0.2) is 5.78 Å². The molecule has 0 aromatic heterocycles. The fourth-order valence-electron chi connectivity index (χ4n) is 4.62. The number of allylic oxidation sites excluding steroid dienone is 1. The predicted octanol–water partition coefficient (Wildman–Crippen LogP) is 1.70.